The van der Waals surface area contributed by atoms with E-state index in [1.54, 1.807) is 4.90 Å². The fraction of sp³-hybridized carbons (Fsp3) is 1.00. The van der Waals surface area contributed by atoms with Gasteiger partial charge in [0.1, 0.15) is 0 Å². The van der Waals surface area contributed by atoms with Crippen LogP contribution in [-0.4, -0.2) is 69.9 Å². The van der Waals surface area contributed by atoms with Gasteiger partial charge >= 0.3 is 0 Å². The minimum atomic E-state index is -0.789. The zero-order valence-electron chi connectivity index (χ0n) is 6.80. The van der Waals surface area contributed by atoms with Crippen molar-refractivity contribution in [2.24, 2.45) is 0 Å². The Balaban J connectivity index is 2.27. The number of rotatable bonds is 3. The lowest BCUT2D eigenvalue weighted by atomic mass is 10.3. The molecule has 0 saturated carbocycles. The average Bonchev–Trinajstić information content (AvgIpc) is 2.31. The second kappa shape index (κ2) is 4.15. The zero-order chi connectivity index (χ0) is 9.14. The van der Waals surface area contributed by atoms with E-state index in [-0.39, 0.29) is 6.61 Å². The molecule has 0 aromatic heterocycles. The SMILES string of the molecule is OCC(O)CN1C[C@@H](O)[C@@H](O)C1. The van der Waals surface area contributed by atoms with Crippen molar-refractivity contribution in [1.82, 2.24) is 4.90 Å². The first-order valence-electron chi connectivity index (χ1n) is 4.01. The predicted molar refractivity (Wildman–Crippen MR) is 41.5 cm³/mol. The molecule has 0 spiro atoms. The van der Waals surface area contributed by atoms with Gasteiger partial charge in [0.15, 0.2) is 0 Å². The van der Waals surface area contributed by atoms with Gasteiger partial charge < -0.3 is 20.4 Å². The highest BCUT2D eigenvalue weighted by Crippen LogP contribution is 2.09. The lowest BCUT2D eigenvalue weighted by Gasteiger charge is -2.17. The number of nitrogens with zero attached hydrogens (tertiary/aromatic N) is 1. The van der Waals surface area contributed by atoms with E-state index >= 15 is 0 Å². The molecule has 0 aromatic rings. The van der Waals surface area contributed by atoms with E-state index in [0.717, 1.165) is 0 Å². The van der Waals surface area contributed by atoms with Crippen LogP contribution in [0.1, 0.15) is 0 Å². The second-order valence-corrected chi connectivity index (χ2v) is 3.19. The Labute approximate surface area is 70.9 Å². The van der Waals surface area contributed by atoms with Gasteiger partial charge in [0.2, 0.25) is 0 Å². The molecule has 12 heavy (non-hydrogen) atoms. The molecular formula is C7H15NO4. The van der Waals surface area contributed by atoms with Crippen molar-refractivity contribution in [3.63, 3.8) is 0 Å². The Morgan fingerprint density at radius 1 is 1.25 bits per heavy atom. The van der Waals surface area contributed by atoms with E-state index in [1.165, 1.54) is 0 Å². The van der Waals surface area contributed by atoms with Gasteiger partial charge in [-0.05, 0) is 0 Å². The van der Waals surface area contributed by atoms with Gasteiger partial charge in [0, 0.05) is 19.6 Å². The number of β-amino-alcohol motifs (C(OH)–C–C–N with tert-alkyl or cyclic N) is 3. The van der Waals surface area contributed by atoms with Gasteiger partial charge in [-0.1, -0.05) is 0 Å². The minimum absolute atomic E-state index is 0.289. The third-order valence-electron chi connectivity index (χ3n) is 2.01. The van der Waals surface area contributed by atoms with Crippen molar-refractivity contribution < 1.29 is 20.4 Å². The quantitative estimate of drug-likeness (QED) is 0.379. The molecule has 1 aliphatic heterocycles. The van der Waals surface area contributed by atoms with Gasteiger partial charge in [-0.25, -0.2) is 0 Å². The number of aliphatic hydroxyl groups excluding tert-OH is 4. The molecule has 1 saturated heterocycles. The van der Waals surface area contributed by atoms with Crippen molar-refractivity contribution in [1.29, 1.82) is 0 Å². The van der Waals surface area contributed by atoms with E-state index in [0.29, 0.717) is 19.6 Å². The summed E-state index contributed by atoms with van der Waals surface area (Å²) in [5.74, 6) is 0. The molecule has 5 heteroatoms. The molecule has 1 unspecified atom stereocenters. The monoisotopic (exact) mass is 177 g/mol. The van der Waals surface area contributed by atoms with Crippen LogP contribution < -0.4 is 0 Å². The first kappa shape index (κ1) is 9.88. The molecule has 3 atom stereocenters. The van der Waals surface area contributed by atoms with E-state index < -0.39 is 18.3 Å². The van der Waals surface area contributed by atoms with Crippen LogP contribution in [0.2, 0.25) is 0 Å². The van der Waals surface area contributed by atoms with Crippen molar-refractivity contribution in [3.05, 3.63) is 0 Å². The molecule has 1 rings (SSSR count). The molecule has 0 bridgehead atoms. The van der Waals surface area contributed by atoms with Crippen LogP contribution >= 0.6 is 0 Å². The van der Waals surface area contributed by atoms with Crippen molar-refractivity contribution in [2.75, 3.05) is 26.2 Å². The van der Waals surface area contributed by atoms with Crippen molar-refractivity contribution in [3.8, 4) is 0 Å². The predicted octanol–water partition coefficient (Wildman–Crippen LogP) is -2.62. The first-order chi connectivity index (χ1) is 5.63. The van der Waals surface area contributed by atoms with Crippen LogP contribution in [0.4, 0.5) is 0 Å². The van der Waals surface area contributed by atoms with Crippen LogP contribution in [0, 0.1) is 0 Å². The van der Waals surface area contributed by atoms with Gasteiger partial charge in [0.05, 0.1) is 24.9 Å². The summed E-state index contributed by atoms with van der Waals surface area (Å²) in [6, 6.07) is 0. The van der Waals surface area contributed by atoms with Crippen LogP contribution in [0.3, 0.4) is 0 Å². The highest BCUT2D eigenvalue weighted by Gasteiger charge is 2.30. The standard InChI is InChI=1S/C7H15NO4/c9-4-5(10)1-8-2-6(11)7(12)3-8/h5-7,9-12H,1-4H2/t5?,6-,7+. The molecule has 5 nitrogen and oxygen atoms in total. The Hall–Kier alpha value is -0.200. The van der Waals surface area contributed by atoms with Gasteiger partial charge in [-0.2, -0.15) is 0 Å². The molecule has 1 fully saturated rings. The number of hydrogen-bond acceptors (Lipinski definition) is 5. The third kappa shape index (κ3) is 2.40. The molecule has 0 amide bonds. The third-order valence-corrected chi connectivity index (χ3v) is 2.01. The van der Waals surface area contributed by atoms with Gasteiger partial charge in [0.25, 0.3) is 0 Å². The second-order valence-electron chi connectivity index (χ2n) is 3.19. The summed E-state index contributed by atoms with van der Waals surface area (Å²) in [7, 11) is 0. The number of hydrogen-bond donors (Lipinski definition) is 4. The summed E-state index contributed by atoms with van der Waals surface area (Å²) in [6.07, 6.45) is -2.24. The summed E-state index contributed by atoms with van der Waals surface area (Å²) < 4.78 is 0. The molecule has 1 heterocycles. The topological polar surface area (TPSA) is 84.2 Å². The lowest BCUT2D eigenvalue weighted by molar-refractivity contribution is 0.0572. The highest BCUT2D eigenvalue weighted by atomic mass is 16.3. The maximum atomic E-state index is 9.12. The first-order valence-corrected chi connectivity index (χ1v) is 4.01. The van der Waals surface area contributed by atoms with Gasteiger partial charge in [-0.15, -0.1) is 0 Å². The Bertz CT molecular complexity index is 133. The fourth-order valence-electron chi connectivity index (χ4n) is 1.35. The van der Waals surface area contributed by atoms with Crippen LogP contribution in [0.5, 0.6) is 0 Å². The minimum Gasteiger partial charge on any atom is -0.394 e. The molecular weight excluding hydrogens is 162 g/mol. The largest absolute Gasteiger partial charge is 0.394 e. The maximum Gasteiger partial charge on any atom is 0.0938 e. The lowest BCUT2D eigenvalue weighted by Crippen LogP contribution is -2.33. The maximum absolute atomic E-state index is 9.12. The molecule has 1 aliphatic rings. The van der Waals surface area contributed by atoms with Crippen LogP contribution in [0.25, 0.3) is 0 Å². The number of likely N-dealkylation sites (tertiary alicyclic amines) is 1. The Morgan fingerprint density at radius 2 is 1.75 bits per heavy atom. The van der Waals surface area contributed by atoms with E-state index in [4.69, 9.17) is 20.4 Å². The van der Waals surface area contributed by atoms with Crippen molar-refractivity contribution in [2.45, 2.75) is 18.3 Å². The van der Waals surface area contributed by atoms with Crippen LogP contribution in [-0.2, 0) is 0 Å². The molecule has 0 aromatic carbocycles. The van der Waals surface area contributed by atoms with Gasteiger partial charge in [-0.3, -0.25) is 4.90 Å². The molecule has 0 aliphatic carbocycles. The molecule has 0 radical (unpaired) electrons. The summed E-state index contributed by atoms with van der Waals surface area (Å²) >= 11 is 0. The fourth-order valence-corrected chi connectivity index (χ4v) is 1.35. The molecule has 72 valence electrons. The summed E-state index contributed by atoms with van der Waals surface area (Å²) in [5.41, 5.74) is 0. The van der Waals surface area contributed by atoms with Crippen LogP contribution in [0.15, 0.2) is 0 Å². The average molecular weight is 177 g/mol. The van der Waals surface area contributed by atoms with Crippen molar-refractivity contribution >= 4 is 0 Å². The molecule has 4 N–H and O–H groups in total. The van der Waals surface area contributed by atoms with E-state index in [1.807, 2.05) is 0 Å². The Morgan fingerprint density at radius 3 is 2.17 bits per heavy atom. The summed E-state index contributed by atoms with van der Waals surface area (Å²) in [5, 5.41) is 35.8. The van der Waals surface area contributed by atoms with E-state index in [2.05, 4.69) is 0 Å². The van der Waals surface area contributed by atoms with E-state index in [9.17, 15) is 0 Å². The zero-order valence-corrected chi connectivity index (χ0v) is 6.80. The normalized spacial score (nSPS) is 34.0. The summed E-state index contributed by atoms with van der Waals surface area (Å²) in [6.45, 7) is 0.726. The Kier molecular flexibility index (Phi) is 3.42. The smallest absolute Gasteiger partial charge is 0.0938 e. The number of aliphatic hydroxyl groups is 4. The highest BCUT2D eigenvalue weighted by molar-refractivity contribution is 4.83. The summed E-state index contributed by atoms with van der Waals surface area (Å²) in [4.78, 5) is 1.72.